The molecule has 4 fully saturated rings. The first-order valence-electron chi connectivity index (χ1n) is 17.5. The van der Waals surface area contributed by atoms with Crippen molar-refractivity contribution in [2.75, 3.05) is 0 Å². The minimum atomic E-state index is -0.176. The van der Waals surface area contributed by atoms with E-state index in [0.717, 1.165) is 22.6 Å². The van der Waals surface area contributed by atoms with E-state index < -0.39 is 0 Å². The van der Waals surface area contributed by atoms with Gasteiger partial charge >= 0.3 is 0 Å². The van der Waals surface area contributed by atoms with Gasteiger partial charge in [-0.1, -0.05) is 140 Å². The number of hydrogen-bond acceptors (Lipinski definition) is 0. The van der Waals surface area contributed by atoms with E-state index in [1.54, 1.807) is 21.7 Å². The molecule has 2 heteroatoms. The Morgan fingerprint density at radius 3 is 1.00 bits per heavy atom. The second kappa shape index (κ2) is 12.3. The highest BCUT2D eigenvalue weighted by atomic mass is 31.1. The van der Waals surface area contributed by atoms with Crippen molar-refractivity contribution in [3.05, 3.63) is 72.8 Å². The molecule has 8 rings (SSSR count). The van der Waals surface area contributed by atoms with E-state index in [0.29, 0.717) is 0 Å². The second-order valence-corrected chi connectivity index (χ2v) is 19.4. The van der Waals surface area contributed by atoms with Gasteiger partial charge in [-0.05, 0) is 117 Å². The summed E-state index contributed by atoms with van der Waals surface area (Å²) in [6.45, 7) is 0. The summed E-state index contributed by atoms with van der Waals surface area (Å²) in [5.74, 6) is 0. The topological polar surface area (TPSA) is 0 Å². The van der Waals surface area contributed by atoms with Crippen LogP contribution in [-0.4, -0.2) is 22.6 Å². The molecule has 4 aromatic carbocycles. The molecule has 4 aromatic rings. The van der Waals surface area contributed by atoms with Gasteiger partial charge in [0.15, 0.2) is 0 Å². The van der Waals surface area contributed by atoms with Crippen LogP contribution in [0, 0.1) is 0 Å². The monoisotopic (exact) mass is 590 g/mol. The number of fused-ring (bicyclic) bond motifs is 2. The molecule has 0 aliphatic heterocycles. The van der Waals surface area contributed by atoms with Gasteiger partial charge in [-0.3, -0.25) is 0 Å². The van der Waals surface area contributed by atoms with Crippen molar-refractivity contribution in [3.8, 4) is 11.1 Å². The molecule has 4 aliphatic rings. The first kappa shape index (κ1) is 27.8. The molecular formula is C40H48P2. The average Bonchev–Trinajstić information content (AvgIpc) is 3.87. The van der Waals surface area contributed by atoms with E-state index in [1.165, 1.54) is 124 Å². The van der Waals surface area contributed by atoms with E-state index in [2.05, 4.69) is 72.8 Å². The van der Waals surface area contributed by atoms with Crippen LogP contribution < -0.4 is 10.6 Å². The largest absolute Gasteiger partial charge is 0.0683 e. The minimum Gasteiger partial charge on any atom is -0.0683 e. The van der Waals surface area contributed by atoms with Crippen molar-refractivity contribution in [2.24, 2.45) is 0 Å². The Bertz CT molecular complexity index is 1380. The molecule has 0 saturated heterocycles. The summed E-state index contributed by atoms with van der Waals surface area (Å²) in [7, 11) is -0.352. The van der Waals surface area contributed by atoms with Gasteiger partial charge in [0.05, 0.1) is 0 Å². The SMILES string of the molecule is c1ccc2c(-c3c(P(C4CCCC4)C4CCCC4)ccc4ccccc34)c(P(C3CCCC3)C3CCCC3)ccc2c1. The summed E-state index contributed by atoms with van der Waals surface area (Å²) < 4.78 is 0. The fraction of sp³-hybridized carbons (Fsp3) is 0.500. The summed E-state index contributed by atoms with van der Waals surface area (Å²) in [5, 5.41) is 9.51. The zero-order valence-corrected chi connectivity index (χ0v) is 27.2. The van der Waals surface area contributed by atoms with Crippen LogP contribution in [0.1, 0.15) is 103 Å². The molecule has 0 radical (unpaired) electrons. The fourth-order valence-electron chi connectivity index (χ4n) is 9.59. The minimum absolute atomic E-state index is 0.176. The predicted molar refractivity (Wildman–Crippen MR) is 189 cm³/mol. The standard InChI is InChI=1S/C40H48P2/c1-11-23-35-29(13-1)25-27-37(41(31-15-3-4-16-31)32-17-5-6-18-32)39(35)40-36-24-12-2-14-30(36)26-28-38(40)42(33-19-7-8-20-33)34-21-9-10-22-34/h1-2,11-14,23-28,31-34H,3-10,15-22H2. The summed E-state index contributed by atoms with van der Waals surface area (Å²) in [4.78, 5) is 0. The molecule has 0 amide bonds. The van der Waals surface area contributed by atoms with Gasteiger partial charge in [0.2, 0.25) is 0 Å². The maximum absolute atomic E-state index is 2.67. The lowest BCUT2D eigenvalue weighted by molar-refractivity contribution is 0.835. The Morgan fingerprint density at radius 2 is 0.667 bits per heavy atom. The molecule has 0 aromatic heterocycles. The van der Waals surface area contributed by atoms with Crippen molar-refractivity contribution in [3.63, 3.8) is 0 Å². The molecule has 4 aliphatic carbocycles. The summed E-state index contributed by atoms with van der Waals surface area (Å²) in [5.41, 5.74) is 7.04. The second-order valence-electron chi connectivity index (χ2n) is 13.9. The van der Waals surface area contributed by atoms with Crippen LogP contribution in [-0.2, 0) is 0 Å². The first-order valence-corrected chi connectivity index (χ1v) is 20.4. The van der Waals surface area contributed by atoms with E-state index in [-0.39, 0.29) is 15.8 Å². The quantitative estimate of drug-likeness (QED) is 0.188. The van der Waals surface area contributed by atoms with Crippen molar-refractivity contribution in [2.45, 2.75) is 125 Å². The van der Waals surface area contributed by atoms with Crippen molar-refractivity contribution in [1.29, 1.82) is 0 Å². The number of hydrogen-bond donors (Lipinski definition) is 0. The van der Waals surface area contributed by atoms with Crippen LogP contribution >= 0.6 is 15.8 Å². The Labute approximate surface area is 256 Å². The first-order chi connectivity index (χ1) is 20.9. The van der Waals surface area contributed by atoms with Gasteiger partial charge in [0.25, 0.3) is 0 Å². The predicted octanol–water partition coefficient (Wildman–Crippen LogP) is 11.6. The van der Waals surface area contributed by atoms with Crippen molar-refractivity contribution >= 4 is 48.0 Å². The number of benzene rings is 4. The van der Waals surface area contributed by atoms with E-state index in [4.69, 9.17) is 0 Å². The zero-order valence-electron chi connectivity index (χ0n) is 25.4. The molecule has 0 atom stereocenters. The third-order valence-corrected chi connectivity index (χ3v) is 18.6. The molecule has 0 unspecified atom stereocenters. The van der Waals surface area contributed by atoms with Gasteiger partial charge in [0.1, 0.15) is 0 Å². The Kier molecular flexibility index (Phi) is 8.16. The maximum atomic E-state index is 2.67. The third-order valence-electron chi connectivity index (χ3n) is 11.5. The maximum Gasteiger partial charge on any atom is -0.00155 e. The Balaban J connectivity index is 1.43. The van der Waals surface area contributed by atoms with E-state index in [9.17, 15) is 0 Å². The van der Waals surface area contributed by atoms with Gasteiger partial charge < -0.3 is 0 Å². The van der Waals surface area contributed by atoms with Crippen LogP contribution in [0.5, 0.6) is 0 Å². The average molecular weight is 591 g/mol. The molecule has 42 heavy (non-hydrogen) atoms. The van der Waals surface area contributed by atoms with E-state index in [1.807, 2.05) is 0 Å². The van der Waals surface area contributed by atoms with Crippen molar-refractivity contribution in [1.82, 2.24) is 0 Å². The molecule has 0 bridgehead atoms. The molecular weight excluding hydrogens is 542 g/mol. The van der Waals surface area contributed by atoms with Crippen LogP contribution in [0.2, 0.25) is 0 Å². The lowest BCUT2D eigenvalue weighted by atomic mass is 9.93. The van der Waals surface area contributed by atoms with Gasteiger partial charge in [-0.25, -0.2) is 0 Å². The third kappa shape index (κ3) is 5.08. The van der Waals surface area contributed by atoms with Crippen LogP contribution in [0.4, 0.5) is 0 Å². The molecule has 0 nitrogen and oxygen atoms in total. The molecule has 0 N–H and O–H groups in total. The Morgan fingerprint density at radius 1 is 0.357 bits per heavy atom. The lowest BCUT2D eigenvalue weighted by Gasteiger charge is -2.36. The lowest BCUT2D eigenvalue weighted by Crippen LogP contribution is -2.25. The molecule has 0 heterocycles. The zero-order chi connectivity index (χ0) is 27.9. The molecule has 218 valence electrons. The summed E-state index contributed by atoms with van der Waals surface area (Å²) in [6.07, 6.45) is 23.3. The van der Waals surface area contributed by atoms with Gasteiger partial charge in [0, 0.05) is 0 Å². The molecule has 4 saturated carbocycles. The van der Waals surface area contributed by atoms with Crippen LogP contribution in [0.25, 0.3) is 32.7 Å². The number of rotatable bonds is 7. The summed E-state index contributed by atoms with van der Waals surface area (Å²) >= 11 is 0. The van der Waals surface area contributed by atoms with Crippen LogP contribution in [0.15, 0.2) is 72.8 Å². The van der Waals surface area contributed by atoms with Crippen molar-refractivity contribution < 1.29 is 0 Å². The summed E-state index contributed by atoms with van der Waals surface area (Å²) in [6, 6.07) is 29.3. The smallest absolute Gasteiger partial charge is 0.00155 e. The highest BCUT2D eigenvalue weighted by Gasteiger charge is 2.39. The normalized spacial score (nSPS) is 21.3. The molecule has 0 spiro atoms. The van der Waals surface area contributed by atoms with E-state index >= 15 is 0 Å². The Hall–Kier alpha value is -1.74. The van der Waals surface area contributed by atoms with Crippen LogP contribution in [0.3, 0.4) is 0 Å². The highest BCUT2D eigenvalue weighted by molar-refractivity contribution is 7.68. The van der Waals surface area contributed by atoms with Gasteiger partial charge in [-0.2, -0.15) is 0 Å². The fourth-order valence-corrected chi connectivity index (χ4v) is 17.5. The highest BCUT2D eigenvalue weighted by Crippen LogP contribution is 2.61. The van der Waals surface area contributed by atoms with Gasteiger partial charge in [-0.15, -0.1) is 0 Å².